The summed E-state index contributed by atoms with van der Waals surface area (Å²) < 4.78 is 0. The van der Waals surface area contributed by atoms with Gasteiger partial charge in [-0.3, -0.25) is 14.4 Å². The van der Waals surface area contributed by atoms with E-state index in [0.29, 0.717) is 32.2 Å². The van der Waals surface area contributed by atoms with Crippen molar-refractivity contribution in [2.45, 2.75) is 63.1 Å². The number of hydrogen-bond donors (Lipinski definition) is 5. The van der Waals surface area contributed by atoms with Gasteiger partial charge in [-0.1, -0.05) is 6.42 Å². The number of carboxylic acids is 2. The smallest absolute Gasteiger partial charge is 0.326 e. The second-order valence-corrected chi connectivity index (χ2v) is 6.41. The van der Waals surface area contributed by atoms with Gasteiger partial charge in [-0.2, -0.15) is 0 Å². The molecule has 10 heteroatoms. The average molecular weight is 372 g/mol. The highest BCUT2D eigenvalue weighted by molar-refractivity contribution is 5.92. The van der Waals surface area contributed by atoms with E-state index in [-0.39, 0.29) is 19.4 Å². The van der Waals surface area contributed by atoms with Gasteiger partial charge in [0.05, 0.1) is 6.04 Å². The molecule has 1 fully saturated rings. The van der Waals surface area contributed by atoms with Crippen molar-refractivity contribution in [3.63, 3.8) is 0 Å². The molecule has 148 valence electrons. The minimum atomic E-state index is -1.11. The fourth-order valence-electron chi connectivity index (χ4n) is 2.93. The van der Waals surface area contributed by atoms with Crippen LogP contribution in [-0.4, -0.2) is 70.1 Å². The fourth-order valence-corrected chi connectivity index (χ4v) is 2.93. The van der Waals surface area contributed by atoms with Crippen LogP contribution in [0.25, 0.3) is 0 Å². The Kier molecular flexibility index (Phi) is 9.00. The van der Waals surface area contributed by atoms with Crippen molar-refractivity contribution in [3.8, 4) is 0 Å². The largest absolute Gasteiger partial charge is 0.481 e. The van der Waals surface area contributed by atoms with E-state index in [2.05, 4.69) is 5.32 Å². The van der Waals surface area contributed by atoms with Crippen LogP contribution in [0.2, 0.25) is 0 Å². The lowest BCUT2D eigenvalue weighted by molar-refractivity contribution is -0.150. The van der Waals surface area contributed by atoms with Crippen molar-refractivity contribution in [3.05, 3.63) is 0 Å². The molecular weight excluding hydrogens is 344 g/mol. The number of carbonyl (C=O) groups is 4. The molecule has 0 aromatic heterocycles. The van der Waals surface area contributed by atoms with E-state index < -0.39 is 41.9 Å². The second-order valence-electron chi connectivity index (χ2n) is 6.41. The molecule has 0 bridgehead atoms. The summed E-state index contributed by atoms with van der Waals surface area (Å²) in [6.45, 7) is 0.747. The minimum Gasteiger partial charge on any atom is -0.481 e. The Labute approximate surface area is 151 Å². The van der Waals surface area contributed by atoms with E-state index in [1.807, 2.05) is 0 Å². The van der Waals surface area contributed by atoms with Gasteiger partial charge in [0.25, 0.3) is 0 Å². The number of nitrogens with zero attached hydrogens (tertiary/aromatic N) is 1. The number of rotatable bonds is 11. The Bertz CT molecular complexity index is 527. The van der Waals surface area contributed by atoms with Gasteiger partial charge in [0.15, 0.2) is 0 Å². The highest BCUT2D eigenvalue weighted by atomic mass is 16.4. The molecule has 1 saturated heterocycles. The highest BCUT2D eigenvalue weighted by Crippen LogP contribution is 2.19. The van der Waals surface area contributed by atoms with Gasteiger partial charge in [-0.25, -0.2) is 4.79 Å². The van der Waals surface area contributed by atoms with Crippen LogP contribution in [0.4, 0.5) is 0 Å². The van der Waals surface area contributed by atoms with E-state index >= 15 is 0 Å². The van der Waals surface area contributed by atoms with E-state index in [4.69, 9.17) is 16.6 Å². The van der Waals surface area contributed by atoms with Crippen LogP contribution in [0.3, 0.4) is 0 Å². The van der Waals surface area contributed by atoms with Crippen LogP contribution in [0.5, 0.6) is 0 Å². The van der Waals surface area contributed by atoms with E-state index in [1.54, 1.807) is 0 Å². The Morgan fingerprint density at radius 2 is 1.85 bits per heavy atom. The molecule has 1 heterocycles. The molecule has 0 spiro atoms. The molecule has 1 rings (SSSR count). The first-order chi connectivity index (χ1) is 12.3. The van der Waals surface area contributed by atoms with Crippen molar-refractivity contribution in [1.82, 2.24) is 10.2 Å². The topological polar surface area (TPSA) is 176 Å². The van der Waals surface area contributed by atoms with Crippen LogP contribution in [0.1, 0.15) is 44.9 Å². The van der Waals surface area contributed by atoms with Crippen LogP contribution >= 0.6 is 0 Å². The predicted molar refractivity (Wildman–Crippen MR) is 92.1 cm³/mol. The van der Waals surface area contributed by atoms with Crippen molar-refractivity contribution in [2.75, 3.05) is 13.1 Å². The Hall–Kier alpha value is -2.20. The van der Waals surface area contributed by atoms with E-state index in [0.717, 1.165) is 6.42 Å². The van der Waals surface area contributed by atoms with Crippen LogP contribution < -0.4 is 16.8 Å². The number of nitrogens with two attached hydrogens (primary N) is 2. The summed E-state index contributed by atoms with van der Waals surface area (Å²) in [4.78, 5) is 48.2. The van der Waals surface area contributed by atoms with Crippen molar-refractivity contribution in [2.24, 2.45) is 11.5 Å². The summed E-state index contributed by atoms with van der Waals surface area (Å²) in [7, 11) is 0. The third kappa shape index (κ3) is 6.60. The molecule has 0 radical (unpaired) electrons. The third-order valence-corrected chi connectivity index (χ3v) is 4.39. The van der Waals surface area contributed by atoms with Crippen molar-refractivity contribution >= 4 is 23.8 Å². The lowest BCUT2D eigenvalue weighted by Gasteiger charge is -2.27. The van der Waals surface area contributed by atoms with Gasteiger partial charge in [-0.15, -0.1) is 0 Å². The predicted octanol–water partition coefficient (Wildman–Crippen LogP) is -1.13. The van der Waals surface area contributed by atoms with Crippen LogP contribution in [-0.2, 0) is 19.2 Å². The number of amides is 2. The first kappa shape index (κ1) is 21.8. The minimum absolute atomic E-state index is 0.127. The molecule has 2 amide bonds. The molecule has 1 aliphatic heterocycles. The van der Waals surface area contributed by atoms with Gasteiger partial charge in [0.1, 0.15) is 12.1 Å². The number of unbranched alkanes of at least 4 members (excludes halogenated alkanes) is 1. The number of carboxylic acid groups (broad SMARTS) is 2. The number of aliphatic carboxylic acids is 2. The molecule has 7 N–H and O–H groups in total. The summed E-state index contributed by atoms with van der Waals surface area (Å²) >= 11 is 0. The van der Waals surface area contributed by atoms with Crippen LogP contribution in [0.15, 0.2) is 0 Å². The van der Waals surface area contributed by atoms with E-state index in [9.17, 15) is 24.3 Å². The zero-order valence-corrected chi connectivity index (χ0v) is 14.7. The summed E-state index contributed by atoms with van der Waals surface area (Å²) in [5.74, 6) is -3.37. The molecule has 3 atom stereocenters. The van der Waals surface area contributed by atoms with Gasteiger partial charge in [0.2, 0.25) is 11.8 Å². The van der Waals surface area contributed by atoms with Gasteiger partial charge in [0, 0.05) is 13.0 Å². The summed E-state index contributed by atoms with van der Waals surface area (Å²) in [5, 5.41) is 20.6. The molecule has 0 aromatic carbocycles. The SMILES string of the molecule is NCCCC[C@H](N)C(=O)N[C@@H](CCC(=O)O)C(=O)N1CCC[C@H]1C(=O)O. The van der Waals surface area contributed by atoms with E-state index in [1.165, 1.54) is 4.90 Å². The highest BCUT2D eigenvalue weighted by Gasteiger charge is 2.38. The number of hydrogen-bond acceptors (Lipinski definition) is 6. The summed E-state index contributed by atoms with van der Waals surface area (Å²) in [5.41, 5.74) is 11.2. The lowest BCUT2D eigenvalue weighted by Crippen LogP contribution is -2.54. The lowest BCUT2D eigenvalue weighted by atomic mass is 10.1. The molecule has 10 nitrogen and oxygen atoms in total. The molecule has 26 heavy (non-hydrogen) atoms. The molecule has 0 aromatic rings. The van der Waals surface area contributed by atoms with Crippen molar-refractivity contribution in [1.29, 1.82) is 0 Å². The average Bonchev–Trinajstić information content (AvgIpc) is 3.07. The summed E-state index contributed by atoms with van der Waals surface area (Å²) in [6.07, 6.45) is 2.19. The normalized spacial score (nSPS) is 19.0. The second kappa shape index (κ2) is 10.7. The number of nitrogens with one attached hydrogen (secondary N) is 1. The van der Waals surface area contributed by atoms with Gasteiger partial charge >= 0.3 is 11.9 Å². The monoisotopic (exact) mass is 372 g/mol. The molecule has 1 aliphatic rings. The van der Waals surface area contributed by atoms with Gasteiger partial charge < -0.3 is 31.9 Å². The quantitative estimate of drug-likeness (QED) is 0.283. The Balaban J connectivity index is 2.77. The molecule has 0 unspecified atom stereocenters. The van der Waals surface area contributed by atoms with Crippen LogP contribution in [0, 0.1) is 0 Å². The maximum Gasteiger partial charge on any atom is 0.326 e. The first-order valence-electron chi connectivity index (χ1n) is 8.79. The Morgan fingerprint density at radius 3 is 2.42 bits per heavy atom. The zero-order chi connectivity index (χ0) is 19.7. The standard InChI is InChI=1S/C16H28N4O6/c17-8-2-1-4-10(18)14(23)19-11(6-7-13(21)22)15(24)20-9-3-5-12(20)16(25)26/h10-12H,1-9,17-18H2,(H,19,23)(H,21,22)(H,25,26)/t10-,11-,12-/m0/s1. The van der Waals surface area contributed by atoms with Crippen molar-refractivity contribution < 1.29 is 29.4 Å². The zero-order valence-electron chi connectivity index (χ0n) is 14.7. The van der Waals surface area contributed by atoms with Gasteiger partial charge in [-0.05, 0) is 38.6 Å². The maximum atomic E-state index is 12.7. The summed E-state index contributed by atoms with van der Waals surface area (Å²) in [6, 6.07) is -2.90. The fraction of sp³-hybridized carbons (Fsp3) is 0.750. The Morgan fingerprint density at radius 1 is 1.15 bits per heavy atom. The number of carbonyl (C=O) groups excluding carboxylic acids is 2. The molecule has 0 aliphatic carbocycles. The molecule has 0 saturated carbocycles. The first-order valence-corrected chi connectivity index (χ1v) is 8.79. The maximum absolute atomic E-state index is 12.7. The molecular formula is C16H28N4O6. The third-order valence-electron chi connectivity index (χ3n) is 4.39. The number of likely N-dealkylation sites (tertiary alicyclic amines) is 1.